The lowest BCUT2D eigenvalue weighted by Gasteiger charge is -2.25. The van der Waals surface area contributed by atoms with Gasteiger partial charge in [-0.25, -0.2) is 0 Å². The van der Waals surface area contributed by atoms with Crippen LogP contribution < -0.4 is 0 Å². The van der Waals surface area contributed by atoms with E-state index in [0.29, 0.717) is 5.92 Å². The molecular weight excluding hydrogens is 276 g/mol. The van der Waals surface area contributed by atoms with Crippen molar-refractivity contribution in [2.24, 2.45) is 5.92 Å². The number of halogens is 1. The third kappa shape index (κ3) is 3.20. The number of hydrogen-bond acceptors (Lipinski definition) is 1. The number of rotatable bonds is 5. The highest BCUT2D eigenvalue weighted by Crippen LogP contribution is 2.34. The van der Waals surface area contributed by atoms with Crippen LogP contribution in [0.4, 0.5) is 0 Å². The zero-order valence-corrected chi connectivity index (χ0v) is 11.6. The summed E-state index contributed by atoms with van der Waals surface area (Å²) in [5.74, 6) is 0.292. The average molecular weight is 295 g/mol. The van der Waals surface area contributed by atoms with Crippen molar-refractivity contribution in [2.45, 2.75) is 31.8 Å². The molecule has 0 saturated heterocycles. The Morgan fingerprint density at radius 1 is 1.12 bits per heavy atom. The van der Waals surface area contributed by atoms with Crippen LogP contribution in [0, 0.1) is 5.92 Å². The Hall–Kier alpha value is -0.600. The van der Waals surface area contributed by atoms with Crippen molar-refractivity contribution in [2.75, 3.05) is 5.33 Å². The standard InChI is InChI=1S/C15H19BrO/c16-11-5-1-2-7-13-10-9-12-6-3-4-8-14(12)15(13)17/h3-4,6,8-10,13,15,17H,1-2,5,7,11H2/t13-,15-/m0/s1. The quantitative estimate of drug-likeness (QED) is 0.633. The van der Waals surface area contributed by atoms with Crippen molar-refractivity contribution in [3.8, 4) is 0 Å². The van der Waals surface area contributed by atoms with Gasteiger partial charge in [-0.1, -0.05) is 65.2 Å². The summed E-state index contributed by atoms with van der Waals surface area (Å²) in [7, 11) is 0. The van der Waals surface area contributed by atoms with Gasteiger partial charge in [0, 0.05) is 11.2 Å². The van der Waals surface area contributed by atoms with Crippen molar-refractivity contribution in [3.63, 3.8) is 0 Å². The number of aliphatic hydroxyl groups is 1. The van der Waals surface area contributed by atoms with E-state index in [9.17, 15) is 5.11 Å². The van der Waals surface area contributed by atoms with Gasteiger partial charge in [-0.3, -0.25) is 0 Å². The summed E-state index contributed by atoms with van der Waals surface area (Å²) in [6.07, 6.45) is 8.74. The molecule has 0 fully saturated rings. The highest BCUT2D eigenvalue weighted by atomic mass is 79.9. The molecule has 1 aromatic rings. The molecule has 92 valence electrons. The van der Waals surface area contributed by atoms with Crippen LogP contribution in [0.2, 0.25) is 0 Å². The Labute approximate surface area is 112 Å². The van der Waals surface area contributed by atoms with E-state index < -0.39 is 0 Å². The second-order valence-corrected chi connectivity index (χ2v) is 5.43. The lowest BCUT2D eigenvalue weighted by Crippen LogP contribution is -2.14. The first kappa shape index (κ1) is 12.8. The first-order chi connectivity index (χ1) is 8.33. The number of hydrogen-bond donors (Lipinski definition) is 1. The lowest BCUT2D eigenvalue weighted by atomic mass is 9.84. The van der Waals surface area contributed by atoms with Crippen LogP contribution in [-0.2, 0) is 0 Å². The fourth-order valence-corrected chi connectivity index (χ4v) is 2.80. The topological polar surface area (TPSA) is 20.2 Å². The van der Waals surface area contributed by atoms with Crippen LogP contribution in [0.25, 0.3) is 6.08 Å². The monoisotopic (exact) mass is 294 g/mol. The summed E-state index contributed by atoms with van der Waals surface area (Å²) < 4.78 is 0. The summed E-state index contributed by atoms with van der Waals surface area (Å²) in [5.41, 5.74) is 2.25. The molecule has 1 N–H and O–H groups in total. The van der Waals surface area contributed by atoms with Gasteiger partial charge in [-0.2, -0.15) is 0 Å². The van der Waals surface area contributed by atoms with E-state index >= 15 is 0 Å². The molecule has 2 rings (SSSR count). The molecule has 0 spiro atoms. The SMILES string of the molecule is O[C@@H]1c2ccccc2C=C[C@@H]1CCCCCBr. The molecule has 0 aliphatic heterocycles. The van der Waals surface area contributed by atoms with Crippen LogP contribution in [0.1, 0.15) is 42.9 Å². The molecule has 1 aromatic carbocycles. The zero-order chi connectivity index (χ0) is 12.1. The molecule has 1 nitrogen and oxygen atoms in total. The molecular formula is C15H19BrO. The largest absolute Gasteiger partial charge is 0.388 e. The predicted octanol–water partition coefficient (Wildman–Crippen LogP) is 4.32. The van der Waals surface area contributed by atoms with E-state index in [1.165, 1.54) is 19.3 Å². The van der Waals surface area contributed by atoms with Crippen molar-refractivity contribution in [3.05, 3.63) is 41.5 Å². The first-order valence-electron chi connectivity index (χ1n) is 6.34. The predicted molar refractivity (Wildman–Crippen MR) is 76.2 cm³/mol. The van der Waals surface area contributed by atoms with Crippen LogP contribution in [0.5, 0.6) is 0 Å². The van der Waals surface area contributed by atoms with Gasteiger partial charge in [0.1, 0.15) is 0 Å². The van der Waals surface area contributed by atoms with Crippen molar-refractivity contribution < 1.29 is 5.11 Å². The maximum Gasteiger partial charge on any atom is 0.0858 e. The molecule has 1 aliphatic rings. The zero-order valence-electron chi connectivity index (χ0n) is 9.98. The number of fused-ring (bicyclic) bond motifs is 1. The van der Waals surface area contributed by atoms with Gasteiger partial charge in [0.2, 0.25) is 0 Å². The van der Waals surface area contributed by atoms with Crippen LogP contribution >= 0.6 is 15.9 Å². The van der Waals surface area contributed by atoms with Gasteiger partial charge in [0.25, 0.3) is 0 Å². The fraction of sp³-hybridized carbons (Fsp3) is 0.467. The Balaban J connectivity index is 1.95. The average Bonchev–Trinajstić information content (AvgIpc) is 2.37. The van der Waals surface area contributed by atoms with E-state index in [0.717, 1.165) is 22.9 Å². The van der Waals surface area contributed by atoms with Gasteiger partial charge in [0.05, 0.1) is 6.10 Å². The van der Waals surface area contributed by atoms with Crippen LogP contribution in [0.15, 0.2) is 30.3 Å². The van der Waals surface area contributed by atoms with Crippen molar-refractivity contribution >= 4 is 22.0 Å². The Morgan fingerprint density at radius 2 is 1.94 bits per heavy atom. The molecule has 0 unspecified atom stereocenters. The van der Waals surface area contributed by atoms with E-state index in [4.69, 9.17) is 0 Å². The molecule has 0 heterocycles. The van der Waals surface area contributed by atoms with E-state index in [2.05, 4.69) is 34.1 Å². The summed E-state index contributed by atoms with van der Waals surface area (Å²) in [4.78, 5) is 0. The van der Waals surface area contributed by atoms with E-state index in [1.54, 1.807) is 0 Å². The van der Waals surface area contributed by atoms with Crippen LogP contribution in [0.3, 0.4) is 0 Å². The highest BCUT2D eigenvalue weighted by molar-refractivity contribution is 9.09. The van der Waals surface area contributed by atoms with Gasteiger partial charge in [-0.05, 0) is 24.0 Å². The molecule has 1 aliphatic carbocycles. The smallest absolute Gasteiger partial charge is 0.0858 e. The Bertz CT molecular complexity index is 386. The lowest BCUT2D eigenvalue weighted by molar-refractivity contribution is 0.124. The summed E-state index contributed by atoms with van der Waals surface area (Å²) in [6.45, 7) is 0. The summed E-state index contributed by atoms with van der Waals surface area (Å²) in [6, 6.07) is 8.13. The van der Waals surface area contributed by atoms with Crippen LogP contribution in [-0.4, -0.2) is 10.4 Å². The maximum atomic E-state index is 10.3. The van der Waals surface area contributed by atoms with Gasteiger partial charge < -0.3 is 5.11 Å². The summed E-state index contributed by atoms with van der Waals surface area (Å²) in [5, 5.41) is 11.4. The van der Waals surface area contributed by atoms with Gasteiger partial charge in [0.15, 0.2) is 0 Å². The minimum absolute atomic E-state index is 0.292. The second kappa shape index (κ2) is 6.36. The minimum Gasteiger partial charge on any atom is -0.388 e. The molecule has 17 heavy (non-hydrogen) atoms. The molecule has 0 amide bonds. The molecule has 0 aromatic heterocycles. The fourth-order valence-electron chi connectivity index (χ4n) is 2.40. The third-order valence-corrected chi connectivity index (χ3v) is 3.98. The van der Waals surface area contributed by atoms with Gasteiger partial charge >= 0.3 is 0 Å². The first-order valence-corrected chi connectivity index (χ1v) is 7.46. The van der Waals surface area contributed by atoms with E-state index in [1.807, 2.05) is 18.2 Å². The maximum absolute atomic E-state index is 10.3. The second-order valence-electron chi connectivity index (χ2n) is 4.64. The summed E-state index contributed by atoms with van der Waals surface area (Å²) >= 11 is 3.45. The number of aliphatic hydroxyl groups excluding tert-OH is 1. The Morgan fingerprint density at radius 3 is 2.76 bits per heavy atom. The minimum atomic E-state index is -0.319. The van der Waals surface area contributed by atoms with Crippen molar-refractivity contribution in [1.29, 1.82) is 0 Å². The normalized spacial score (nSPS) is 22.5. The molecule has 0 bridgehead atoms. The molecule has 2 heteroatoms. The number of benzene rings is 1. The van der Waals surface area contributed by atoms with Crippen molar-refractivity contribution in [1.82, 2.24) is 0 Å². The third-order valence-electron chi connectivity index (χ3n) is 3.41. The molecule has 2 atom stereocenters. The molecule has 0 saturated carbocycles. The Kier molecular flexibility index (Phi) is 4.81. The molecule has 0 radical (unpaired) electrons. The van der Waals surface area contributed by atoms with Gasteiger partial charge in [-0.15, -0.1) is 0 Å². The van der Waals surface area contributed by atoms with E-state index in [-0.39, 0.29) is 6.10 Å². The number of unbranched alkanes of at least 4 members (excludes halogenated alkanes) is 2. The number of alkyl halides is 1. The highest BCUT2D eigenvalue weighted by Gasteiger charge is 2.23.